The van der Waals surface area contributed by atoms with Gasteiger partial charge < -0.3 is 20.0 Å². The van der Waals surface area contributed by atoms with Gasteiger partial charge in [0.1, 0.15) is 11.5 Å². The van der Waals surface area contributed by atoms with Gasteiger partial charge in [-0.25, -0.2) is 4.98 Å². The average molecular weight is 523 g/mol. The van der Waals surface area contributed by atoms with Crippen LogP contribution >= 0.6 is 0 Å². The molecule has 3 saturated heterocycles. The Balaban J connectivity index is 0.00000164. The van der Waals surface area contributed by atoms with Crippen molar-refractivity contribution in [3.63, 3.8) is 0 Å². The van der Waals surface area contributed by atoms with Crippen LogP contribution in [0.4, 0.5) is 5.82 Å². The number of piperidine rings is 1. The van der Waals surface area contributed by atoms with Crippen LogP contribution in [0.1, 0.15) is 83.6 Å². The van der Waals surface area contributed by atoms with Gasteiger partial charge in [0, 0.05) is 70.0 Å². The lowest BCUT2D eigenvalue weighted by Gasteiger charge is -2.33. The Morgan fingerprint density at radius 3 is 2.32 bits per heavy atom. The molecule has 0 radical (unpaired) electrons. The first-order valence-electron chi connectivity index (χ1n) is 15.2. The number of likely N-dealkylation sites (tertiary alicyclic amines) is 2. The molecule has 3 fully saturated rings. The summed E-state index contributed by atoms with van der Waals surface area (Å²) in [6.45, 7) is 20.1. The van der Waals surface area contributed by atoms with Gasteiger partial charge in [-0.1, -0.05) is 47.5 Å². The van der Waals surface area contributed by atoms with Crippen molar-refractivity contribution < 1.29 is 4.79 Å². The topological polar surface area (TPSA) is 64.6 Å². The molecule has 3 aliphatic heterocycles. The van der Waals surface area contributed by atoms with E-state index < -0.39 is 0 Å². The minimum absolute atomic E-state index is 0.0725. The molecule has 0 spiro atoms. The summed E-state index contributed by atoms with van der Waals surface area (Å²) >= 11 is 0. The zero-order valence-corrected chi connectivity index (χ0v) is 24.5. The molecule has 0 bridgehead atoms. The summed E-state index contributed by atoms with van der Waals surface area (Å²) in [4.78, 5) is 30.1. The second-order valence-corrected chi connectivity index (χ2v) is 12.0. The first kappa shape index (κ1) is 28.8. The Morgan fingerprint density at radius 1 is 0.974 bits per heavy atom. The normalized spacial score (nSPS) is 23.1. The zero-order valence-electron chi connectivity index (χ0n) is 24.5. The fourth-order valence-electron chi connectivity index (χ4n) is 6.14. The van der Waals surface area contributed by atoms with Crippen LogP contribution in [0.5, 0.6) is 0 Å². The molecule has 1 atom stereocenters. The number of anilines is 1. The molecule has 2 aromatic heterocycles. The standard InChI is InChI=1S/C29H44N6O.C2H6/c1-22-20-34(21-29(22,2)3)19-18-33-16-11-23(12-17-33)31-28(36)27-24-8-9-26(32-25(24)10-13-30-27)35-14-6-4-5-7-15-35;1-2/h8-10,13,22-23H,4-7,11-12,14-21H2,1-3H3,(H,31,36);1-2H3. The highest BCUT2D eigenvalue weighted by atomic mass is 16.1. The van der Waals surface area contributed by atoms with Gasteiger partial charge in [0.25, 0.3) is 5.91 Å². The molecule has 2 aromatic rings. The number of fused-ring (bicyclic) bond motifs is 1. The largest absolute Gasteiger partial charge is 0.357 e. The third kappa shape index (κ3) is 7.03. The lowest BCUT2D eigenvalue weighted by Crippen LogP contribution is -2.46. The molecule has 3 aliphatic rings. The van der Waals surface area contributed by atoms with Crippen LogP contribution in [0.15, 0.2) is 24.4 Å². The summed E-state index contributed by atoms with van der Waals surface area (Å²) in [5.74, 6) is 1.70. The molecule has 0 saturated carbocycles. The Labute approximate surface area is 230 Å². The van der Waals surface area contributed by atoms with Gasteiger partial charge >= 0.3 is 0 Å². The van der Waals surface area contributed by atoms with Gasteiger partial charge in [-0.2, -0.15) is 0 Å². The molecular weight excluding hydrogens is 472 g/mol. The van der Waals surface area contributed by atoms with E-state index in [1.807, 2.05) is 26.0 Å². The van der Waals surface area contributed by atoms with Crippen LogP contribution in [0.2, 0.25) is 0 Å². The maximum absolute atomic E-state index is 13.2. The van der Waals surface area contributed by atoms with Crippen LogP contribution in [0.25, 0.3) is 10.9 Å². The predicted molar refractivity (Wildman–Crippen MR) is 158 cm³/mol. The molecule has 7 nitrogen and oxygen atoms in total. The number of amides is 1. The summed E-state index contributed by atoms with van der Waals surface area (Å²) in [7, 11) is 0. The molecule has 7 heteroatoms. The van der Waals surface area contributed by atoms with Gasteiger partial charge in [0.05, 0.1) is 5.52 Å². The summed E-state index contributed by atoms with van der Waals surface area (Å²) in [6, 6.07) is 6.23. The van der Waals surface area contributed by atoms with Crippen LogP contribution in [0, 0.1) is 11.3 Å². The highest BCUT2D eigenvalue weighted by Gasteiger charge is 2.36. The number of aromatic nitrogens is 2. The minimum Gasteiger partial charge on any atom is -0.357 e. The monoisotopic (exact) mass is 522 g/mol. The average Bonchev–Trinajstić information content (AvgIpc) is 3.10. The van der Waals surface area contributed by atoms with Gasteiger partial charge in [0.15, 0.2) is 0 Å². The molecule has 5 heterocycles. The molecule has 1 unspecified atom stereocenters. The SMILES string of the molecule is CC.CC1CN(CCN2CCC(NC(=O)c3nccc4nc(N5CCCCCC5)ccc34)CC2)CC1(C)C. The number of nitrogens with one attached hydrogen (secondary N) is 1. The first-order valence-corrected chi connectivity index (χ1v) is 15.2. The molecule has 210 valence electrons. The van der Waals surface area contributed by atoms with E-state index in [0.717, 1.165) is 74.7 Å². The van der Waals surface area contributed by atoms with Crippen molar-refractivity contribution in [3.8, 4) is 0 Å². The van der Waals surface area contributed by atoms with Crippen molar-refractivity contribution in [2.75, 3.05) is 57.3 Å². The van der Waals surface area contributed by atoms with Crippen molar-refractivity contribution in [1.82, 2.24) is 25.1 Å². The second-order valence-electron chi connectivity index (χ2n) is 12.0. The number of nitrogens with zero attached hydrogens (tertiary/aromatic N) is 5. The maximum Gasteiger partial charge on any atom is 0.270 e. The van der Waals surface area contributed by atoms with Gasteiger partial charge in [-0.3, -0.25) is 9.78 Å². The number of rotatable bonds is 6. The fourth-order valence-corrected chi connectivity index (χ4v) is 6.14. The summed E-state index contributed by atoms with van der Waals surface area (Å²) < 4.78 is 0. The fraction of sp³-hybridized carbons (Fsp3) is 0.710. The van der Waals surface area contributed by atoms with Crippen molar-refractivity contribution in [1.29, 1.82) is 0 Å². The first-order chi connectivity index (χ1) is 18.4. The number of hydrogen-bond donors (Lipinski definition) is 1. The smallest absolute Gasteiger partial charge is 0.270 e. The van der Waals surface area contributed by atoms with Crippen LogP contribution in [0.3, 0.4) is 0 Å². The third-order valence-corrected chi connectivity index (χ3v) is 8.90. The van der Waals surface area contributed by atoms with E-state index in [2.05, 4.69) is 51.8 Å². The van der Waals surface area contributed by atoms with Gasteiger partial charge in [-0.05, 0) is 55.2 Å². The van der Waals surface area contributed by atoms with E-state index in [1.54, 1.807) is 6.20 Å². The van der Waals surface area contributed by atoms with Crippen LogP contribution in [-0.2, 0) is 0 Å². The molecular formula is C31H50N6O. The Morgan fingerprint density at radius 2 is 1.66 bits per heavy atom. The van der Waals surface area contributed by atoms with E-state index in [0.29, 0.717) is 11.1 Å². The Kier molecular flexibility index (Phi) is 9.99. The Bertz CT molecular complexity index is 1040. The number of hydrogen-bond acceptors (Lipinski definition) is 6. The number of pyridine rings is 2. The lowest BCUT2D eigenvalue weighted by atomic mass is 9.84. The van der Waals surface area contributed by atoms with Gasteiger partial charge in [-0.15, -0.1) is 0 Å². The van der Waals surface area contributed by atoms with Crippen molar-refractivity contribution in [2.24, 2.45) is 11.3 Å². The lowest BCUT2D eigenvalue weighted by molar-refractivity contribution is 0.0904. The summed E-state index contributed by atoms with van der Waals surface area (Å²) in [5, 5.41) is 4.11. The third-order valence-electron chi connectivity index (χ3n) is 8.90. The molecule has 0 aliphatic carbocycles. The highest BCUT2D eigenvalue weighted by Crippen LogP contribution is 2.34. The summed E-state index contributed by atoms with van der Waals surface area (Å²) in [5.41, 5.74) is 1.78. The van der Waals surface area contributed by atoms with Crippen LogP contribution < -0.4 is 10.2 Å². The van der Waals surface area contributed by atoms with Gasteiger partial charge in [0.2, 0.25) is 0 Å². The quantitative estimate of drug-likeness (QED) is 0.562. The molecule has 38 heavy (non-hydrogen) atoms. The minimum atomic E-state index is -0.0725. The summed E-state index contributed by atoms with van der Waals surface area (Å²) in [6.07, 6.45) is 8.75. The van der Waals surface area contributed by atoms with Crippen molar-refractivity contribution in [2.45, 2.75) is 79.2 Å². The number of carbonyl (C=O) groups is 1. The van der Waals surface area contributed by atoms with Crippen molar-refractivity contribution in [3.05, 3.63) is 30.1 Å². The molecule has 0 aromatic carbocycles. The Hall–Kier alpha value is -2.25. The second kappa shape index (κ2) is 13.2. The predicted octanol–water partition coefficient (Wildman–Crippen LogP) is 5.21. The molecule has 1 N–H and O–H groups in total. The molecule has 1 amide bonds. The van der Waals surface area contributed by atoms with E-state index in [9.17, 15) is 4.79 Å². The number of carbonyl (C=O) groups excluding carboxylic acids is 1. The maximum atomic E-state index is 13.2. The van der Waals surface area contributed by atoms with Crippen molar-refractivity contribution >= 4 is 22.6 Å². The van der Waals surface area contributed by atoms with Crippen LogP contribution in [-0.4, -0.2) is 84.1 Å². The highest BCUT2D eigenvalue weighted by molar-refractivity contribution is 6.04. The van der Waals surface area contributed by atoms with E-state index >= 15 is 0 Å². The van der Waals surface area contributed by atoms with E-state index in [1.165, 1.54) is 38.8 Å². The zero-order chi connectivity index (χ0) is 27.1. The van der Waals surface area contributed by atoms with E-state index in [4.69, 9.17) is 4.98 Å². The van der Waals surface area contributed by atoms with E-state index in [-0.39, 0.29) is 11.9 Å². The molecule has 5 rings (SSSR count).